The third-order valence-electron chi connectivity index (χ3n) is 2.46. The van der Waals surface area contributed by atoms with Gasteiger partial charge in [-0.1, -0.05) is 12.1 Å². The molecule has 0 saturated carbocycles. The van der Waals surface area contributed by atoms with Crippen molar-refractivity contribution in [2.75, 3.05) is 13.7 Å². The second-order valence-corrected chi connectivity index (χ2v) is 5.79. The Bertz CT molecular complexity index is 621. The van der Waals surface area contributed by atoms with Crippen LogP contribution in [0.3, 0.4) is 0 Å². The minimum atomic E-state index is -3.70. The van der Waals surface area contributed by atoms with E-state index in [-0.39, 0.29) is 12.3 Å². The van der Waals surface area contributed by atoms with E-state index in [4.69, 9.17) is 10.4 Å². The first-order valence-electron chi connectivity index (χ1n) is 5.60. The molecule has 8 heteroatoms. The van der Waals surface area contributed by atoms with E-state index in [1.54, 1.807) is 18.2 Å². The maximum atomic E-state index is 11.8. The molecule has 0 aliphatic carbocycles. The highest BCUT2D eigenvalue weighted by Gasteiger charge is 2.20. The van der Waals surface area contributed by atoms with Gasteiger partial charge in [0, 0.05) is 13.7 Å². The van der Waals surface area contributed by atoms with Gasteiger partial charge in [0.15, 0.2) is 6.10 Å². The van der Waals surface area contributed by atoms with Gasteiger partial charge in [-0.2, -0.15) is 5.26 Å². The van der Waals surface area contributed by atoms with Crippen LogP contribution in [0.15, 0.2) is 24.3 Å². The first-order valence-corrected chi connectivity index (χ1v) is 7.25. The summed E-state index contributed by atoms with van der Waals surface area (Å²) in [6, 6.07) is 8.10. The zero-order valence-electron chi connectivity index (χ0n) is 10.7. The number of rotatable bonds is 7. The molecule has 1 atom stereocenters. The summed E-state index contributed by atoms with van der Waals surface area (Å²) in [6.07, 6.45) is -1.24. The Hall–Kier alpha value is -1.95. The van der Waals surface area contributed by atoms with E-state index < -0.39 is 22.1 Å². The number of hydrogen-bond acceptors (Lipinski definition) is 5. The van der Waals surface area contributed by atoms with Crippen molar-refractivity contribution in [3.8, 4) is 6.07 Å². The third kappa shape index (κ3) is 4.97. The SMILES string of the molecule is COC(CNS(=O)(=O)Cc1cccc(C#N)c1)C(=O)O. The van der Waals surface area contributed by atoms with E-state index in [0.29, 0.717) is 11.1 Å². The monoisotopic (exact) mass is 298 g/mol. The van der Waals surface area contributed by atoms with Crippen LogP contribution in [0.2, 0.25) is 0 Å². The van der Waals surface area contributed by atoms with Crippen LogP contribution in [0.25, 0.3) is 0 Å². The smallest absolute Gasteiger partial charge is 0.334 e. The van der Waals surface area contributed by atoms with Gasteiger partial charge in [-0.15, -0.1) is 0 Å². The zero-order chi connectivity index (χ0) is 15.2. The lowest BCUT2D eigenvalue weighted by atomic mass is 10.2. The summed E-state index contributed by atoms with van der Waals surface area (Å²) in [4.78, 5) is 10.7. The second kappa shape index (κ2) is 7.00. The van der Waals surface area contributed by atoms with Crippen LogP contribution < -0.4 is 4.72 Å². The van der Waals surface area contributed by atoms with E-state index in [0.717, 1.165) is 0 Å². The number of methoxy groups -OCH3 is 1. The molecule has 0 aliphatic heterocycles. The molecule has 0 aromatic heterocycles. The highest BCUT2D eigenvalue weighted by molar-refractivity contribution is 7.88. The van der Waals surface area contributed by atoms with Crippen LogP contribution in [-0.4, -0.2) is 39.3 Å². The number of carboxylic acids is 1. The van der Waals surface area contributed by atoms with Gasteiger partial charge in [-0.05, 0) is 17.7 Å². The minimum Gasteiger partial charge on any atom is -0.479 e. The molecule has 108 valence electrons. The Morgan fingerprint density at radius 2 is 2.25 bits per heavy atom. The van der Waals surface area contributed by atoms with Crippen molar-refractivity contribution in [1.29, 1.82) is 5.26 Å². The van der Waals surface area contributed by atoms with Crippen LogP contribution in [0.1, 0.15) is 11.1 Å². The molecule has 0 radical (unpaired) electrons. The summed E-state index contributed by atoms with van der Waals surface area (Å²) < 4.78 is 30.4. The topological polar surface area (TPSA) is 116 Å². The molecule has 1 rings (SSSR count). The number of hydrogen-bond donors (Lipinski definition) is 2. The lowest BCUT2D eigenvalue weighted by molar-refractivity contribution is -0.147. The van der Waals surface area contributed by atoms with Gasteiger partial charge in [0.25, 0.3) is 0 Å². The fourth-order valence-corrected chi connectivity index (χ4v) is 2.60. The molecule has 0 fully saturated rings. The van der Waals surface area contributed by atoms with Gasteiger partial charge in [-0.3, -0.25) is 0 Å². The van der Waals surface area contributed by atoms with E-state index in [9.17, 15) is 13.2 Å². The number of nitrogens with one attached hydrogen (secondary N) is 1. The summed E-state index contributed by atoms with van der Waals surface area (Å²) >= 11 is 0. The van der Waals surface area contributed by atoms with Crippen LogP contribution in [0.5, 0.6) is 0 Å². The molecule has 0 bridgehead atoms. The summed E-state index contributed by atoms with van der Waals surface area (Å²) in [7, 11) is -2.52. The predicted molar refractivity (Wildman–Crippen MR) is 70.2 cm³/mol. The Morgan fingerprint density at radius 3 is 2.80 bits per heavy atom. The molecule has 0 heterocycles. The maximum Gasteiger partial charge on any atom is 0.334 e. The molecular weight excluding hydrogens is 284 g/mol. The lowest BCUT2D eigenvalue weighted by Crippen LogP contribution is -2.38. The highest BCUT2D eigenvalue weighted by Crippen LogP contribution is 2.08. The number of benzene rings is 1. The standard InChI is InChI=1S/C12H14N2O5S/c1-19-11(12(15)16)7-14-20(17,18)8-10-4-2-3-9(5-10)6-13/h2-5,11,14H,7-8H2,1H3,(H,15,16). The number of nitriles is 1. The van der Waals surface area contributed by atoms with Gasteiger partial charge in [0.1, 0.15) is 0 Å². The van der Waals surface area contributed by atoms with E-state index in [2.05, 4.69) is 9.46 Å². The largest absolute Gasteiger partial charge is 0.479 e. The van der Waals surface area contributed by atoms with Crippen LogP contribution in [0.4, 0.5) is 0 Å². The average Bonchev–Trinajstić information content (AvgIpc) is 2.38. The minimum absolute atomic E-state index is 0.335. The van der Waals surface area contributed by atoms with Crippen molar-refractivity contribution in [3.05, 3.63) is 35.4 Å². The molecule has 0 aliphatic rings. The zero-order valence-corrected chi connectivity index (χ0v) is 11.6. The fraction of sp³-hybridized carbons (Fsp3) is 0.333. The second-order valence-electron chi connectivity index (χ2n) is 3.98. The summed E-state index contributed by atoms with van der Waals surface area (Å²) in [5.41, 5.74) is 0.804. The summed E-state index contributed by atoms with van der Waals surface area (Å²) in [5.74, 6) is -1.58. The van der Waals surface area contributed by atoms with Crippen molar-refractivity contribution in [3.63, 3.8) is 0 Å². The Kier molecular flexibility index (Phi) is 5.64. The molecule has 1 aromatic carbocycles. The van der Waals surface area contributed by atoms with Crippen molar-refractivity contribution in [1.82, 2.24) is 4.72 Å². The number of ether oxygens (including phenoxy) is 1. The quantitative estimate of drug-likeness (QED) is 0.736. The number of aliphatic carboxylic acids is 1. The number of carbonyl (C=O) groups is 1. The van der Waals surface area contributed by atoms with Gasteiger partial charge < -0.3 is 9.84 Å². The lowest BCUT2D eigenvalue weighted by Gasteiger charge is -2.12. The molecule has 20 heavy (non-hydrogen) atoms. The maximum absolute atomic E-state index is 11.8. The first-order chi connectivity index (χ1) is 9.38. The Labute approximate surface area is 116 Å². The molecular formula is C12H14N2O5S. The molecule has 1 unspecified atom stereocenters. The van der Waals surface area contributed by atoms with E-state index in [1.165, 1.54) is 13.2 Å². The number of carboxylic acid groups (broad SMARTS) is 1. The van der Waals surface area contributed by atoms with Crippen LogP contribution in [-0.2, 0) is 25.3 Å². The summed E-state index contributed by atoms with van der Waals surface area (Å²) in [5, 5.41) is 17.5. The Morgan fingerprint density at radius 1 is 1.55 bits per heavy atom. The fourth-order valence-electron chi connectivity index (χ4n) is 1.48. The molecule has 0 amide bonds. The number of nitrogens with zero attached hydrogens (tertiary/aromatic N) is 1. The third-order valence-corrected chi connectivity index (χ3v) is 3.78. The van der Waals surface area contributed by atoms with E-state index in [1.807, 2.05) is 6.07 Å². The van der Waals surface area contributed by atoms with Gasteiger partial charge in [-0.25, -0.2) is 17.9 Å². The van der Waals surface area contributed by atoms with Gasteiger partial charge in [0.2, 0.25) is 10.0 Å². The van der Waals surface area contributed by atoms with Crippen molar-refractivity contribution in [2.24, 2.45) is 0 Å². The molecule has 0 saturated heterocycles. The van der Waals surface area contributed by atoms with Crippen molar-refractivity contribution in [2.45, 2.75) is 11.9 Å². The first kappa shape index (κ1) is 16.1. The average molecular weight is 298 g/mol. The molecule has 7 nitrogen and oxygen atoms in total. The van der Waals surface area contributed by atoms with Crippen LogP contribution >= 0.6 is 0 Å². The van der Waals surface area contributed by atoms with Crippen LogP contribution in [0, 0.1) is 11.3 Å². The molecule has 1 aromatic rings. The van der Waals surface area contributed by atoms with Crippen molar-refractivity contribution >= 4 is 16.0 Å². The number of sulfonamides is 1. The van der Waals surface area contributed by atoms with E-state index >= 15 is 0 Å². The highest BCUT2D eigenvalue weighted by atomic mass is 32.2. The molecule has 0 spiro atoms. The molecule has 2 N–H and O–H groups in total. The van der Waals surface area contributed by atoms with Gasteiger partial charge >= 0.3 is 5.97 Å². The Balaban J connectivity index is 2.70. The van der Waals surface area contributed by atoms with Gasteiger partial charge in [0.05, 0.1) is 17.4 Å². The summed E-state index contributed by atoms with van der Waals surface area (Å²) in [6.45, 7) is -0.355. The van der Waals surface area contributed by atoms with Crippen molar-refractivity contribution < 1.29 is 23.1 Å². The normalized spacial score (nSPS) is 12.6. The predicted octanol–water partition coefficient (Wildman–Crippen LogP) is 0.0773.